The van der Waals surface area contributed by atoms with Crippen molar-refractivity contribution in [2.45, 2.75) is 45.4 Å². The number of benzene rings is 1. The highest BCUT2D eigenvalue weighted by molar-refractivity contribution is 8.26. The van der Waals surface area contributed by atoms with E-state index in [-0.39, 0.29) is 11.5 Å². The summed E-state index contributed by atoms with van der Waals surface area (Å²) in [6, 6.07) is 15.6. The average molecular weight is 507 g/mol. The number of nitrogens with one attached hydrogen (secondary N) is 1. The van der Waals surface area contributed by atoms with E-state index in [0.29, 0.717) is 39.3 Å². The van der Waals surface area contributed by atoms with Crippen molar-refractivity contribution < 1.29 is 4.79 Å². The molecule has 1 aliphatic rings. The summed E-state index contributed by atoms with van der Waals surface area (Å²) in [5, 5.41) is 3.32. The molecule has 0 aliphatic carbocycles. The molecule has 0 saturated carbocycles. The smallest absolute Gasteiger partial charge is 0.267 e. The fraction of sp³-hybridized carbons (Fsp3) is 0.333. The zero-order valence-electron chi connectivity index (χ0n) is 19.9. The van der Waals surface area contributed by atoms with E-state index in [2.05, 4.69) is 24.4 Å². The Balaban J connectivity index is 1.57. The maximum absolute atomic E-state index is 13.4. The highest BCUT2D eigenvalue weighted by atomic mass is 32.2. The number of anilines is 1. The molecule has 2 aromatic heterocycles. The number of pyridine rings is 1. The van der Waals surface area contributed by atoms with Gasteiger partial charge in [0, 0.05) is 19.3 Å². The number of thiocarbonyl (C=S) groups is 1. The van der Waals surface area contributed by atoms with E-state index in [1.54, 1.807) is 29.3 Å². The number of rotatable bonds is 11. The average Bonchev–Trinajstić information content (AvgIpc) is 3.14. The second-order valence-corrected chi connectivity index (χ2v) is 10.2. The van der Waals surface area contributed by atoms with Crippen LogP contribution in [-0.2, 0) is 11.2 Å². The summed E-state index contributed by atoms with van der Waals surface area (Å²) in [7, 11) is 0. The van der Waals surface area contributed by atoms with Gasteiger partial charge in [-0.05, 0) is 36.6 Å². The number of carbonyl (C=O) groups is 1. The Morgan fingerprint density at radius 2 is 1.80 bits per heavy atom. The summed E-state index contributed by atoms with van der Waals surface area (Å²) in [6.45, 7) is 3.41. The molecule has 0 atom stereocenters. The second kappa shape index (κ2) is 12.1. The predicted molar refractivity (Wildman–Crippen MR) is 149 cm³/mol. The van der Waals surface area contributed by atoms with Gasteiger partial charge in [0.15, 0.2) is 0 Å². The van der Waals surface area contributed by atoms with Gasteiger partial charge in [-0.15, -0.1) is 0 Å². The minimum absolute atomic E-state index is 0.136. The molecule has 0 radical (unpaired) electrons. The van der Waals surface area contributed by atoms with Gasteiger partial charge in [0.1, 0.15) is 15.8 Å². The predicted octanol–water partition coefficient (Wildman–Crippen LogP) is 5.52. The Bertz CT molecular complexity index is 1290. The number of aromatic nitrogens is 2. The molecule has 1 N–H and O–H groups in total. The van der Waals surface area contributed by atoms with E-state index in [9.17, 15) is 9.59 Å². The van der Waals surface area contributed by atoms with Crippen LogP contribution in [0.15, 0.2) is 64.4 Å². The zero-order chi connectivity index (χ0) is 24.6. The number of thioether (sulfide) groups is 1. The Morgan fingerprint density at radius 1 is 1.03 bits per heavy atom. The highest BCUT2D eigenvalue weighted by Gasteiger charge is 2.32. The van der Waals surface area contributed by atoms with Crippen molar-refractivity contribution in [3.63, 3.8) is 0 Å². The van der Waals surface area contributed by atoms with Gasteiger partial charge in [0.05, 0.1) is 10.5 Å². The Labute approximate surface area is 215 Å². The molecule has 1 amide bonds. The third kappa shape index (κ3) is 6.18. The van der Waals surface area contributed by atoms with Crippen LogP contribution in [-0.4, -0.2) is 37.6 Å². The first-order chi connectivity index (χ1) is 17.1. The molecular formula is C27H30N4O2S2. The largest absolute Gasteiger partial charge is 0.369 e. The van der Waals surface area contributed by atoms with Gasteiger partial charge in [-0.2, -0.15) is 0 Å². The number of unbranched alkanes of at least 4 members (excludes halogenated alkanes) is 4. The van der Waals surface area contributed by atoms with Crippen LogP contribution in [0.25, 0.3) is 11.7 Å². The molecule has 1 saturated heterocycles. The quantitative estimate of drug-likeness (QED) is 0.210. The van der Waals surface area contributed by atoms with Crippen LogP contribution in [0.4, 0.5) is 5.82 Å². The molecule has 3 aromatic rings. The molecule has 8 heteroatoms. The van der Waals surface area contributed by atoms with Gasteiger partial charge in [-0.1, -0.05) is 93.0 Å². The van der Waals surface area contributed by atoms with Gasteiger partial charge < -0.3 is 5.32 Å². The van der Waals surface area contributed by atoms with E-state index in [0.717, 1.165) is 19.3 Å². The first-order valence-electron chi connectivity index (χ1n) is 12.1. The summed E-state index contributed by atoms with van der Waals surface area (Å²) < 4.78 is 2.05. The lowest BCUT2D eigenvalue weighted by Crippen LogP contribution is -2.29. The molecule has 0 bridgehead atoms. The minimum atomic E-state index is -0.220. The van der Waals surface area contributed by atoms with Crippen molar-refractivity contribution in [3.05, 3.63) is 81.1 Å². The first-order valence-corrected chi connectivity index (χ1v) is 13.4. The number of nitrogens with zero attached hydrogens (tertiary/aromatic N) is 3. The number of hydrogen-bond donors (Lipinski definition) is 1. The van der Waals surface area contributed by atoms with Crippen LogP contribution in [0, 0.1) is 0 Å². The molecule has 182 valence electrons. The van der Waals surface area contributed by atoms with Crippen molar-refractivity contribution in [1.82, 2.24) is 14.3 Å². The molecule has 1 fully saturated rings. The van der Waals surface area contributed by atoms with Crippen LogP contribution >= 0.6 is 24.0 Å². The van der Waals surface area contributed by atoms with Crippen LogP contribution in [0.2, 0.25) is 0 Å². The van der Waals surface area contributed by atoms with E-state index >= 15 is 0 Å². The molecule has 35 heavy (non-hydrogen) atoms. The second-order valence-electron chi connectivity index (χ2n) is 8.52. The molecule has 3 heterocycles. The van der Waals surface area contributed by atoms with Gasteiger partial charge >= 0.3 is 0 Å². The van der Waals surface area contributed by atoms with E-state index in [1.807, 2.05) is 24.3 Å². The third-order valence-electron chi connectivity index (χ3n) is 5.95. The molecule has 1 aliphatic heterocycles. The summed E-state index contributed by atoms with van der Waals surface area (Å²) in [5.74, 6) is 0.338. The summed E-state index contributed by atoms with van der Waals surface area (Å²) in [6.07, 6.45) is 9.68. The molecular weight excluding hydrogens is 476 g/mol. The van der Waals surface area contributed by atoms with Crippen molar-refractivity contribution >= 4 is 51.7 Å². The Morgan fingerprint density at radius 3 is 2.60 bits per heavy atom. The normalized spacial score (nSPS) is 14.9. The van der Waals surface area contributed by atoms with Crippen molar-refractivity contribution in [2.75, 3.05) is 18.4 Å². The fourth-order valence-corrected chi connectivity index (χ4v) is 5.33. The summed E-state index contributed by atoms with van der Waals surface area (Å²) in [4.78, 5) is 33.3. The monoisotopic (exact) mass is 506 g/mol. The number of fused-ring (bicyclic) bond motifs is 1. The minimum Gasteiger partial charge on any atom is -0.369 e. The van der Waals surface area contributed by atoms with Gasteiger partial charge in [0.25, 0.3) is 11.5 Å². The topological polar surface area (TPSA) is 66.7 Å². The van der Waals surface area contributed by atoms with Crippen molar-refractivity contribution in [2.24, 2.45) is 0 Å². The molecule has 6 nitrogen and oxygen atoms in total. The zero-order valence-corrected chi connectivity index (χ0v) is 21.5. The molecule has 0 unspecified atom stereocenters. The highest BCUT2D eigenvalue weighted by Crippen LogP contribution is 2.33. The Hall–Kier alpha value is -2.97. The van der Waals surface area contributed by atoms with Crippen LogP contribution in [0.5, 0.6) is 0 Å². The van der Waals surface area contributed by atoms with Crippen molar-refractivity contribution in [3.8, 4) is 0 Å². The fourth-order valence-electron chi connectivity index (χ4n) is 4.03. The van der Waals surface area contributed by atoms with Crippen molar-refractivity contribution in [1.29, 1.82) is 0 Å². The molecule has 4 rings (SSSR count). The first kappa shape index (κ1) is 25.1. The summed E-state index contributed by atoms with van der Waals surface area (Å²) in [5.41, 5.74) is 1.89. The van der Waals surface area contributed by atoms with Gasteiger partial charge in [-0.3, -0.25) is 18.9 Å². The third-order valence-corrected chi connectivity index (χ3v) is 7.33. The maximum atomic E-state index is 13.4. The van der Waals surface area contributed by atoms with E-state index in [1.165, 1.54) is 41.0 Å². The molecule has 1 aromatic carbocycles. The van der Waals surface area contributed by atoms with Crippen LogP contribution < -0.4 is 10.9 Å². The van der Waals surface area contributed by atoms with Gasteiger partial charge in [-0.25, -0.2) is 4.98 Å². The van der Waals surface area contributed by atoms with Crippen LogP contribution in [0.1, 0.15) is 50.2 Å². The van der Waals surface area contributed by atoms with Gasteiger partial charge in [0.2, 0.25) is 0 Å². The number of hydrogen-bond acceptors (Lipinski definition) is 6. The number of amides is 1. The standard InChI is InChI=1S/C27H30N4O2S2/c1-2-3-4-5-10-18-31-26(33)22(35-27(31)34)19-21-24(28-16-15-20-12-7-6-8-13-20)29-23-14-9-11-17-30(23)25(21)32/h6-9,11-14,17,19,28H,2-5,10,15-16,18H2,1H3. The SMILES string of the molecule is CCCCCCCN1C(=O)C(=Cc2c(NCCc3ccccc3)nc3ccccn3c2=O)SC1=S. The number of carbonyl (C=O) groups excluding carboxylic acids is 1. The lowest BCUT2D eigenvalue weighted by atomic mass is 10.1. The molecule has 0 spiro atoms. The Kier molecular flexibility index (Phi) is 8.71. The lowest BCUT2D eigenvalue weighted by Gasteiger charge is -2.14. The maximum Gasteiger partial charge on any atom is 0.267 e. The van der Waals surface area contributed by atoms with E-state index < -0.39 is 0 Å². The van der Waals surface area contributed by atoms with Crippen LogP contribution in [0.3, 0.4) is 0 Å². The lowest BCUT2D eigenvalue weighted by molar-refractivity contribution is -0.122. The van der Waals surface area contributed by atoms with E-state index in [4.69, 9.17) is 17.2 Å². The summed E-state index contributed by atoms with van der Waals surface area (Å²) >= 11 is 6.74.